The van der Waals surface area contributed by atoms with Crippen molar-refractivity contribution in [3.05, 3.63) is 65.6 Å². The van der Waals surface area contributed by atoms with Gasteiger partial charge in [-0.25, -0.2) is 9.78 Å². The lowest BCUT2D eigenvalue weighted by Crippen LogP contribution is -2.44. The number of rotatable bonds is 4. The van der Waals surface area contributed by atoms with Crippen molar-refractivity contribution in [3.63, 3.8) is 0 Å². The number of nitriles is 1. The Labute approximate surface area is 217 Å². The SMILES string of the molecule is CN1CC(c2cc(-c3cnc(N)c(C#N)c3)ccn2)N(c2ccc(N3CCNCC3)c(C(F)(F)F)c2)C1=O. The van der Waals surface area contributed by atoms with Crippen molar-refractivity contribution >= 4 is 23.2 Å². The zero-order valence-electron chi connectivity index (χ0n) is 20.5. The number of carbonyl (C=O) groups is 1. The van der Waals surface area contributed by atoms with Gasteiger partial charge in [0.1, 0.15) is 11.9 Å². The number of hydrogen-bond donors (Lipinski definition) is 2. The van der Waals surface area contributed by atoms with E-state index in [2.05, 4.69) is 15.3 Å². The van der Waals surface area contributed by atoms with Crippen LogP contribution in [0.25, 0.3) is 11.1 Å². The van der Waals surface area contributed by atoms with Crippen LogP contribution in [0.5, 0.6) is 0 Å². The van der Waals surface area contributed by atoms with Crippen LogP contribution in [0.15, 0.2) is 48.8 Å². The number of aromatic nitrogens is 2. The van der Waals surface area contributed by atoms with Gasteiger partial charge in [-0.1, -0.05) is 0 Å². The number of anilines is 3. The topological polar surface area (TPSA) is 114 Å². The summed E-state index contributed by atoms with van der Waals surface area (Å²) in [6.07, 6.45) is -1.51. The largest absolute Gasteiger partial charge is 0.418 e. The van der Waals surface area contributed by atoms with Crippen molar-refractivity contribution in [3.8, 4) is 17.2 Å². The molecule has 2 aromatic heterocycles. The minimum atomic E-state index is -4.60. The molecule has 2 aliphatic rings. The van der Waals surface area contributed by atoms with Gasteiger partial charge in [0.05, 0.1) is 22.9 Å². The summed E-state index contributed by atoms with van der Waals surface area (Å²) < 4.78 is 42.6. The number of hydrogen-bond acceptors (Lipinski definition) is 7. The van der Waals surface area contributed by atoms with Crippen LogP contribution in [-0.2, 0) is 6.18 Å². The highest BCUT2D eigenvalue weighted by molar-refractivity contribution is 5.95. The first kappa shape index (κ1) is 25.3. The Morgan fingerprint density at radius 2 is 1.87 bits per heavy atom. The summed E-state index contributed by atoms with van der Waals surface area (Å²) in [5.74, 6) is 0.115. The van der Waals surface area contributed by atoms with E-state index in [-0.39, 0.29) is 29.3 Å². The highest BCUT2D eigenvalue weighted by Gasteiger charge is 2.41. The molecule has 2 amide bonds. The molecular weight excluding hydrogens is 497 g/mol. The number of amides is 2. The molecule has 0 aliphatic carbocycles. The van der Waals surface area contributed by atoms with E-state index in [0.29, 0.717) is 43.0 Å². The minimum absolute atomic E-state index is 0.101. The van der Waals surface area contributed by atoms with Crippen LogP contribution < -0.4 is 20.9 Å². The van der Waals surface area contributed by atoms with Gasteiger partial charge in [-0.2, -0.15) is 18.4 Å². The normalized spacial score (nSPS) is 18.1. The highest BCUT2D eigenvalue weighted by Crippen LogP contribution is 2.42. The third-order valence-electron chi connectivity index (χ3n) is 6.81. The Morgan fingerprint density at radius 3 is 2.58 bits per heavy atom. The van der Waals surface area contributed by atoms with Gasteiger partial charge in [-0.15, -0.1) is 0 Å². The Kier molecular flexibility index (Phi) is 6.54. The smallest absolute Gasteiger partial charge is 0.383 e. The second-order valence-electron chi connectivity index (χ2n) is 9.22. The number of halogens is 3. The average molecular weight is 523 g/mol. The summed E-state index contributed by atoms with van der Waals surface area (Å²) in [7, 11) is 1.60. The second kappa shape index (κ2) is 9.83. The average Bonchev–Trinajstić information content (AvgIpc) is 3.22. The lowest BCUT2D eigenvalue weighted by molar-refractivity contribution is -0.137. The molecule has 38 heavy (non-hydrogen) atoms. The molecule has 1 unspecified atom stereocenters. The molecule has 2 aliphatic heterocycles. The number of likely N-dealkylation sites (N-methyl/N-ethyl adjacent to an activating group) is 1. The van der Waals surface area contributed by atoms with Crippen LogP contribution in [0.2, 0.25) is 0 Å². The first-order chi connectivity index (χ1) is 18.2. The number of pyridine rings is 2. The maximum absolute atomic E-state index is 14.2. The van der Waals surface area contributed by atoms with Crippen molar-refractivity contribution in [1.82, 2.24) is 20.2 Å². The summed E-state index contributed by atoms with van der Waals surface area (Å²) >= 11 is 0. The molecule has 0 saturated carbocycles. The monoisotopic (exact) mass is 522 g/mol. The van der Waals surface area contributed by atoms with E-state index in [0.717, 1.165) is 6.07 Å². The van der Waals surface area contributed by atoms with E-state index in [4.69, 9.17) is 5.73 Å². The van der Waals surface area contributed by atoms with Crippen molar-refractivity contribution in [2.45, 2.75) is 12.2 Å². The van der Waals surface area contributed by atoms with Crippen LogP contribution in [0.1, 0.15) is 22.9 Å². The number of nitrogens with one attached hydrogen (secondary N) is 1. The fraction of sp³-hybridized carbons (Fsp3) is 0.308. The van der Waals surface area contributed by atoms with E-state index in [1.807, 2.05) is 6.07 Å². The molecule has 5 rings (SSSR count). The first-order valence-electron chi connectivity index (χ1n) is 12.0. The number of urea groups is 1. The molecule has 3 N–H and O–H groups in total. The third-order valence-corrected chi connectivity index (χ3v) is 6.81. The lowest BCUT2D eigenvalue weighted by Gasteiger charge is -2.32. The van der Waals surface area contributed by atoms with E-state index in [1.165, 1.54) is 22.1 Å². The van der Waals surface area contributed by atoms with Crippen LogP contribution in [0.3, 0.4) is 0 Å². The number of benzene rings is 1. The molecule has 1 atom stereocenters. The quantitative estimate of drug-likeness (QED) is 0.538. The molecule has 4 heterocycles. The fourth-order valence-corrected chi connectivity index (χ4v) is 4.87. The number of carbonyl (C=O) groups excluding carboxylic acids is 1. The minimum Gasteiger partial charge on any atom is -0.383 e. The second-order valence-corrected chi connectivity index (χ2v) is 9.22. The zero-order chi connectivity index (χ0) is 27.0. The van der Waals surface area contributed by atoms with Crippen molar-refractivity contribution < 1.29 is 18.0 Å². The summed E-state index contributed by atoms with van der Waals surface area (Å²) in [6.45, 7) is 2.34. The maximum atomic E-state index is 14.2. The molecule has 196 valence electrons. The number of nitrogens with zero attached hydrogens (tertiary/aromatic N) is 6. The van der Waals surface area contributed by atoms with Gasteiger partial charge in [0, 0.05) is 69.1 Å². The Hall–Kier alpha value is -4.37. The standard InChI is InChI=1S/C26H25F3N8O/c1-35-15-23(21-11-16(4-5-33-21)18-10-17(13-30)24(31)34-14-18)37(25(35)38)19-2-3-22(20(12-19)26(27,28)29)36-8-6-32-7-9-36/h2-5,10-12,14,23,32H,6-9,15H2,1H3,(H2,31,34). The van der Waals surface area contributed by atoms with Crippen molar-refractivity contribution in [1.29, 1.82) is 5.26 Å². The maximum Gasteiger partial charge on any atom is 0.418 e. The Morgan fingerprint density at radius 1 is 1.11 bits per heavy atom. The highest BCUT2D eigenvalue weighted by atomic mass is 19.4. The van der Waals surface area contributed by atoms with Gasteiger partial charge in [0.15, 0.2) is 0 Å². The van der Waals surface area contributed by atoms with Gasteiger partial charge in [-0.05, 0) is 42.0 Å². The van der Waals surface area contributed by atoms with Gasteiger partial charge in [0.25, 0.3) is 0 Å². The van der Waals surface area contributed by atoms with E-state index in [9.17, 15) is 23.2 Å². The molecule has 1 aromatic carbocycles. The zero-order valence-corrected chi connectivity index (χ0v) is 20.5. The number of piperazine rings is 1. The van der Waals surface area contributed by atoms with Gasteiger partial charge in [-0.3, -0.25) is 9.88 Å². The fourth-order valence-electron chi connectivity index (χ4n) is 4.87. The summed E-state index contributed by atoms with van der Waals surface area (Å²) in [5, 5.41) is 12.4. The lowest BCUT2D eigenvalue weighted by atomic mass is 10.0. The van der Waals surface area contributed by atoms with E-state index >= 15 is 0 Å². The molecule has 0 spiro atoms. The first-order valence-corrected chi connectivity index (χ1v) is 12.0. The Bertz CT molecular complexity index is 1410. The molecule has 0 bridgehead atoms. The van der Waals surface area contributed by atoms with E-state index in [1.54, 1.807) is 42.4 Å². The van der Waals surface area contributed by atoms with Crippen molar-refractivity contribution in [2.24, 2.45) is 0 Å². The number of alkyl halides is 3. The van der Waals surface area contributed by atoms with E-state index < -0.39 is 23.8 Å². The molecule has 2 saturated heterocycles. The molecular formula is C26H25F3N8O. The molecule has 0 radical (unpaired) electrons. The van der Waals surface area contributed by atoms with Crippen LogP contribution >= 0.6 is 0 Å². The predicted octanol–water partition coefficient (Wildman–Crippen LogP) is 3.64. The number of nitrogen functional groups attached to an aromatic ring is 1. The van der Waals surface area contributed by atoms with Gasteiger partial charge in [0.2, 0.25) is 0 Å². The van der Waals surface area contributed by atoms with Crippen LogP contribution in [-0.4, -0.2) is 60.7 Å². The molecule has 9 nitrogen and oxygen atoms in total. The van der Waals surface area contributed by atoms with Crippen LogP contribution in [0.4, 0.5) is 35.2 Å². The molecule has 12 heteroatoms. The third kappa shape index (κ3) is 4.68. The molecule has 2 fully saturated rings. The van der Waals surface area contributed by atoms with Crippen molar-refractivity contribution in [2.75, 3.05) is 55.3 Å². The number of nitrogens with two attached hydrogens (primary N) is 1. The van der Waals surface area contributed by atoms with Gasteiger partial charge < -0.3 is 20.9 Å². The summed E-state index contributed by atoms with van der Waals surface area (Å²) in [4.78, 5) is 26.2. The summed E-state index contributed by atoms with van der Waals surface area (Å²) in [5.41, 5.74) is 7.24. The predicted molar refractivity (Wildman–Crippen MR) is 136 cm³/mol. The van der Waals surface area contributed by atoms with Gasteiger partial charge >= 0.3 is 12.2 Å². The summed E-state index contributed by atoms with van der Waals surface area (Å²) in [6, 6.07) is 10.1. The van der Waals surface area contributed by atoms with Crippen LogP contribution in [0, 0.1) is 11.3 Å². The molecule has 3 aromatic rings. The Balaban J connectivity index is 1.54.